The van der Waals surface area contributed by atoms with Gasteiger partial charge in [0.15, 0.2) is 0 Å². The second-order valence-electron chi connectivity index (χ2n) is 7.38. The lowest BCUT2D eigenvalue weighted by Gasteiger charge is -2.08. The molecule has 0 saturated carbocycles. The molecule has 5 aromatic rings. The number of carbonyl (C=O) groups is 1. The summed E-state index contributed by atoms with van der Waals surface area (Å²) in [5.41, 5.74) is 5.81. The van der Waals surface area contributed by atoms with Crippen LogP contribution in [0, 0.1) is 0 Å². The van der Waals surface area contributed by atoms with Gasteiger partial charge in [0.05, 0.1) is 23.4 Å². The van der Waals surface area contributed by atoms with E-state index in [-0.39, 0.29) is 5.91 Å². The molecule has 0 bridgehead atoms. The quantitative estimate of drug-likeness (QED) is 0.369. The first-order chi connectivity index (χ1) is 15.3. The van der Waals surface area contributed by atoms with Gasteiger partial charge in [0.25, 0.3) is 0 Å². The number of para-hydroxylation sites is 1. The Kier molecular flexibility index (Phi) is 5.03. The van der Waals surface area contributed by atoms with Gasteiger partial charge >= 0.3 is 0 Å². The Morgan fingerprint density at radius 1 is 0.871 bits per heavy atom. The van der Waals surface area contributed by atoms with E-state index in [9.17, 15) is 4.79 Å². The van der Waals surface area contributed by atoms with Crippen molar-refractivity contribution in [3.05, 3.63) is 108 Å². The Hall–Kier alpha value is -4.18. The maximum atomic E-state index is 12.3. The molecule has 1 amide bonds. The third-order valence-corrected chi connectivity index (χ3v) is 5.27. The van der Waals surface area contributed by atoms with Gasteiger partial charge in [0, 0.05) is 27.9 Å². The summed E-state index contributed by atoms with van der Waals surface area (Å²) in [6, 6.07) is 30.2. The van der Waals surface area contributed by atoms with E-state index in [1.54, 1.807) is 12.2 Å². The van der Waals surface area contributed by atoms with Crippen LogP contribution in [0.25, 0.3) is 39.1 Å². The topological polar surface area (TPSA) is 57.8 Å². The lowest BCUT2D eigenvalue weighted by molar-refractivity contribution is -0.116. The van der Waals surface area contributed by atoms with Crippen molar-refractivity contribution >= 4 is 33.8 Å². The van der Waals surface area contributed by atoms with Crippen molar-refractivity contribution in [2.24, 2.45) is 0 Å². The van der Waals surface area contributed by atoms with Crippen molar-refractivity contribution < 1.29 is 4.79 Å². The predicted molar refractivity (Wildman–Crippen MR) is 126 cm³/mol. The average Bonchev–Trinajstić information content (AvgIpc) is 3.21. The number of hydrogen-bond acceptors (Lipinski definition) is 2. The highest BCUT2D eigenvalue weighted by atomic mass is 16.1. The summed E-state index contributed by atoms with van der Waals surface area (Å²) in [6.45, 7) is 0.354. The summed E-state index contributed by atoms with van der Waals surface area (Å²) in [4.78, 5) is 20.7. The molecule has 3 aromatic carbocycles. The Balaban J connectivity index is 1.48. The molecular weight excluding hydrogens is 382 g/mol. The maximum Gasteiger partial charge on any atom is 0.244 e. The highest BCUT2D eigenvalue weighted by Gasteiger charge is 2.13. The first-order valence-corrected chi connectivity index (χ1v) is 10.2. The SMILES string of the molecule is O=C(C=Cc1ccccc1)NCc1cc2c([nH]c3ccccc32)c(-c2ccccc2)n1. The van der Waals surface area contributed by atoms with Gasteiger partial charge in [-0.15, -0.1) is 0 Å². The molecule has 0 aliphatic rings. The minimum atomic E-state index is -0.147. The second-order valence-corrected chi connectivity index (χ2v) is 7.38. The van der Waals surface area contributed by atoms with Gasteiger partial charge in [0.1, 0.15) is 0 Å². The van der Waals surface area contributed by atoms with E-state index in [0.717, 1.165) is 44.3 Å². The molecule has 0 atom stereocenters. The van der Waals surface area contributed by atoms with Gasteiger partial charge in [-0.2, -0.15) is 0 Å². The normalized spacial score (nSPS) is 11.4. The van der Waals surface area contributed by atoms with E-state index in [1.807, 2.05) is 60.7 Å². The Morgan fingerprint density at radius 3 is 2.39 bits per heavy atom. The number of carbonyl (C=O) groups excluding carboxylic acids is 1. The zero-order chi connectivity index (χ0) is 21.0. The molecule has 5 rings (SSSR count). The van der Waals surface area contributed by atoms with Crippen LogP contribution in [-0.2, 0) is 11.3 Å². The number of rotatable bonds is 5. The van der Waals surface area contributed by atoms with Crippen molar-refractivity contribution in [1.82, 2.24) is 15.3 Å². The third kappa shape index (κ3) is 3.96. The minimum Gasteiger partial charge on any atom is -0.353 e. The van der Waals surface area contributed by atoms with Crippen molar-refractivity contribution in [1.29, 1.82) is 0 Å². The fourth-order valence-corrected chi connectivity index (χ4v) is 3.77. The lowest BCUT2D eigenvalue weighted by Crippen LogP contribution is -2.21. The smallest absolute Gasteiger partial charge is 0.244 e. The highest BCUT2D eigenvalue weighted by Crippen LogP contribution is 2.32. The summed E-state index contributed by atoms with van der Waals surface area (Å²) >= 11 is 0. The van der Waals surface area contributed by atoms with Crippen molar-refractivity contribution in [3.8, 4) is 11.3 Å². The molecule has 0 fully saturated rings. The summed E-state index contributed by atoms with van der Waals surface area (Å²) in [5.74, 6) is -0.147. The van der Waals surface area contributed by atoms with Gasteiger partial charge in [-0.3, -0.25) is 4.79 Å². The van der Waals surface area contributed by atoms with Crippen LogP contribution >= 0.6 is 0 Å². The average molecular weight is 403 g/mol. The number of nitrogens with zero attached hydrogens (tertiary/aromatic N) is 1. The van der Waals surface area contributed by atoms with Crippen LogP contribution in [0.3, 0.4) is 0 Å². The molecule has 0 radical (unpaired) electrons. The van der Waals surface area contributed by atoms with E-state index in [4.69, 9.17) is 4.98 Å². The zero-order valence-corrected chi connectivity index (χ0v) is 16.9. The molecule has 4 heteroatoms. The fraction of sp³-hybridized carbons (Fsp3) is 0.0370. The molecule has 0 unspecified atom stereocenters. The summed E-state index contributed by atoms with van der Waals surface area (Å²) in [5, 5.41) is 5.21. The van der Waals surface area contributed by atoms with Gasteiger partial charge in [-0.25, -0.2) is 4.98 Å². The molecule has 0 saturated heterocycles. The number of fused-ring (bicyclic) bond motifs is 3. The van der Waals surface area contributed by atoms with Crippen molar-refractivity contribution in [3.63, 3.8) is 0 Å². The first-order valence-electron chi connectivity index (χ1n) is 10.2. The summed E-state index contributed by atoms with van der Waals surface area (Å²) in [7, 11) is 0. The number of pyridine rings is 1. The van der Waals surface area contributed by atoms with E-state index >= 15 is 0 Å². The van der Waals surface area contributed by atoms with Crippen LogP contribution in [0.2, 0.25) is 0 Å². The third-order valence-electron chi connectivity index (χ3n) is 5.27. The molecule has 0 aliphatic carbocycles. The van der Waals surface area contributed by atoms with Crippen LogP contribution in [0.1, 0.15) is 11.3 Å². The van der Waals surface area contributed by atoms with E-state index in [0.29, 0.717) is 6.54 Å². The van der Waals surface area contributed by atoms with Crippen LogP contribution in [-0.4, -0.2) is 15.9 Å². The largest absolute Gasteiger partial charge is 0.353 e. The molecule has 31 heavy (non-hydrogen) atoms. The minimum absolute atomic E-state index is 0.147. The van der Waals surface area contributed by atoms with Crippen LogP contribution in [0.5, 0.6) is 0 Å². The zero-order valence-electron chi connectivity index (χ0n) is 16.9. The van der Waals surface area contributed by atoms with Crippen molar-refractivity contribution in [2.45, 2.75) is 6.54 Å². The monoisotopic (exact) mass is 403 g/mol. The molecule has 150 valence electrons. The summed E-state index contributed by atoms with van der Waals surface area (Å²) in [6.07, 6.45) is 3.36. The molecule has 0 aliphatic heterocycles. The van der Waals surface area contributed by atoms with Crippen molar-refractivity contribution in [2.75, 3.05) is 0 Å². The van der Waals surface area contributed by atoms with E-state index < -0.39 is 0 Å². The van der Waals surface area contributed by atoms with Gasteiger partial charge < -0.3 is 10.3 Å². The number of amides is 1. The first kappa shape index (κ1) is 18.8. The Morgan fingerprint density at radius 2 is 1.58 bits per heavy atom. The van der Waals surface area contributed by atoms with Crippen LogP contribution in [0.15, 0.2) is 97.1 Å². The number of aromatic amines is 1. The predicted octanol–water partition coefficient (Wildman–Crippen LogP) is 5.71. The van der Waals surface area contributed by atoms with Crippen LogP contribution in [0.4, 0.5) is 0 Å². The number of H-pyrrole nitrogens is 1. The highest BCUT2D eigenvalue weighted by molar-refractivity contribution is 6.11. The van der Waals surface area contributed by atoms with Gasteiger partial charge in [0.2, 0.25) is 5.91 Å². The molecule has 2 aromatic heterocycles. The molecular formula is C27H21N3O. The maximum absolute atomic E-state index is 12.3. The molecule has 4 nitrogen and oxygen atoms in total. The number of nitrogens with one attached hydrogen (secondary N) is 2. The fourth-order valence-electron chi connectivity index (χ4n) is 3.77. The number of aromatic nitrogens is 2. The van der Waals surface area contributed by atoms with E-state index in [1.165, 1.54) is 0 Å². The summed E-state index contributed by atoms with van der Waals surface area (Å²) < 4.78 is 0. The van der Waals surface area contributed by atoms with Gasteiger partial charge in [-0.05, 0) is 23.8 Å². The van der Waals surface area contributed by atoms with Gasteiger partial charge in [-0.1, -0.05) is 78.9 Å². The molecule has 2 heterocycles. The second kappa shape index (κ2) is 8.28. The standard InChI is InChI=1S/C27H21N3O/c31-25(16-15-19-9-3-1-4-10-19)28-18-21-17-23-22-13-7-8-14-24(22)30-27(23)26(29-21)20-11-5-2-6-12-20/h1-17,30H,18H2,(H,28,31). The molecule has 0 spiro atoms. The number of hydrogen-bond donors (Lipinski definition) is 2. The Labute approximate surface area is 180 Å². The van der Waals surface area contributed by atoms with E-state index in [2.05, 4.69) is 40.6 Å². The lowest BCUT2D eigenvalue weighted by atomic mass is 10.1. The Bertz CT molecular complexity index is 1390. The number of benzene rings is 3. The van der Waals surface area contributed by atoms with Crippen LogP contribution < -0.4 is 5.32 Å². The molecule has 2 N–H and O–H groups in total.